The molecule has 1 heterocycles. The van der Waals surface area contributed by atoms with E-state index < -0.39 is 21.8 Å². The summed E-state index contributed by atoms with van der Waals surface area (Å²) in [7, 11) is -3.10. The molecular formula is C9H12FNO3S. The van der Waals surface area contributed by atoms with Gasteiger partial charge in [-0.15, -0.1) is 0 Å². The number of pyridine rings is 1. The average Bonchev–Trinajstić information content (AvgIpc) is 2.14. The fourth-order valence-electron chi connectivity index (χ4n) is 1.06. The molecule has 1 rings (SSSR count). The summed E-state index contributed by atoms with van der Waals surface area (Å²) >= 11 is 0. The zero-order valence-electron chi connectivity index (χ0n) is 8.22. The van der Waals surface area contributed by atoms with Crippen molar-refractivity contribution in [1.82, 2.24) is 4.98 Å². The molecule has 15 heavy (non-hydrogen) atoms. The highest BCUT2D eigenvalue weighted by molar-refractivity contribution is 7.90. The van der Waals surface area contributed by atoms with E-state index in [9.17, 15) is 17.9 Å². The van der Waals surface area contributed by atoms with E-state index >= 15 is 0 Å². The molecule has 0 amide bonds. The van der Waals surface area contributed by atoms with Gasteiger partial charge in [-0.05, 0) is 18.6 Å². The Balaban J connectivity index is 2.61. The molecule has 0 aliphatic rings. The van der Waals surface area contributed by atoms with Crippen LogP contribution in [0.4, 0.5) is 4.39 Å². The van der Waals surface area contributed by atoms with Crippen LogP contribution in [0.15, 0.2) is 18.3 Å². The van der Waals surface area contributed by atoms with Crippen LogP contribution in [0.25, 0.3) is 0 Å². The molecule has 0 spiro atoms. The lowest BCUT2D eigenvalue weighted by atomic mass is 10.2. The molecule has 1 N–H and O–H groups in total. The number of aromatic nitrogens is 1. The lowest BCUT2D eigenvalue weighted by molar-refractivity contribution is 0.169. The van der Waals surface area contributed by atoms with Gasteiger partial charge in [0.1, 0.15) is 15.7 Å². The van der Waals surface area contributed by atoms with E-state index in [0.717, 1.165) is 12.5 Å². The highest BCUT2D eigenvalue weighted by Crippen LogP contribution is 2.14. The molecule has 0 saturated heterocycles. The first kappa shape index (κ1) is 12.1. The number of sulfone groups is 1. The molecule has 0 radical (unpaired) electrons. The van der Waals surface area contributed by atoms with E-state index in [-0.39, 0.29) is 17.9 Å². The zero-order chi connectivity index (χ0) is 11.5. The van der Waals surface area contributed by atoms with Crippen molar-refractivity contribution in [3.8, 4) is 0 Å². The smallest absolute Gasteiger partial charge is 0.147 e. The third-order valence-electron chi connectivity index (χ3n) is 1.85. The Kier molecular flexibility index (Phi) is 3.76. The van der Waals surface area contributed by atoms with Gasteiger partial charge in [-0.1, -0.05) is 0 Å². The van der Waals surface area contributed by atoms with Crippen LogP contribution in [0, 0.1) is 5.82 Å². The molecule has 1 atom stereocenters. The summed E-state index contributed by atoms with van der Waals surface area (Å²) in [6.45, 7) is 0. The minimum atomic E-state index is -3.10. The molecule has 1 aromatic heterocycles. The normalized spacial score (nSPS) is 13.8. The van der Waals surface area contributed by atoms with Crippen LogP contribution < -0.4 is 0 Å². The van der Waals surface area contributed by atoms with Crippen LogP contribution in [0.2, 0.25) is 0 Å². The molecule has 0 aliphatic carbocycles. The number of rotatable bonds is 4. The monoisotopic (exact) mass is 233 g/mol. The highest BCUT2D eigenvalue weighted by atomic mass is 32.2. The number of halogens is 1. The van der Waals surface area contributed by atoms with Gasteiger partial charge in [0.25, 0.3) is 0 Å². The SMILES string of the molecule is CS(=O)(=O)CCC(O)c1ccc(F)cn1. The van der Waals surface area contributed by atoms with Crippen molar-refractivity contribution < 1.29 is 17.9 Å². The predicted octanol–water partition coefficient (Wildman–Crippen LogP) is 0.689. The standard InChI is InChI=1S/C9H12FNO3S/c1-15(13,14)5-4-9(12)8-3-2-7(10)6-11-8/h2-3,6,9,12H,4-5H2,1H3. The largest absolute Gasteiger partial charge is 0.387 e. The van der Waals surface area contributed by atoms with Gasteiger partial charge in [-0.2, -0.15) is 0 Å². The minimum absolute atomic E-state index is 0.0669. The Morgan fingerprint density at radius 1 is 1.53 bits per heavy atom. The number of hydrogen-bond donors (Lipinski definition) is 1. The van der Waals surface area contributed by atoms with Crippen molar-refractivity contribution in [3.05, 3.63) is 29.8 Å². The van der Waals surface area contributed by atoms with Crippen molar-refractivity contribution >= 4 is 9.84 Å². The van der Waals surface area contributed by atoms with Gasteiger partial charge in [0, 0.05) is 6.26 Å². The molecule has 84 valence electrons. The van der Waals surface area contributed by atoms with Crippen molar-refractivity contribution in [2.24, 2.45) is 0 Å². The molecule has 0 saturated carbocycles. The molecule has 1 aromatic rings. The zero-order valence-corrected chi connectivity index (χ0v) is 9.04. The van der Waals surface area contributed by atoms with Gasteiger partial charge in [0.05, 0.1) is 23.7 Å². The molecular weight excluding hydrogens is 221 g/mol. The van der Waals surface area contributed by atoms with Crippen LogP contribution in [0.3, 0.4) is 0 Å². The maximum atomic E-state index is 12.5. The summed E-state index contributed by atoms with van der Waals surface area (Å²) < 4.78 is 34.1. The molecule has 4 nitrogen and oxygen atoms in total. The first-order chi connectivity index (χ1) is 6.88. The van der Waals surface area contributed by atoms with E-state index in [1.165, 1.54) is 12.1 Å². The fourth-order valence-corrected chi connectivity index (χ4v) is 1.71. The third kappa shape index (κ3) is 4.35. The maximum Gasteiger partial charge on any atom is 0.147 e. The van der Waals surface area contributed by atoms with Gasteiger partial charge in [-0.3, -0.25) is 4.98 Å². The Morgan fingerprint density at radius 2 is 2.20 bits per heavy atom. The second kappa shape index (κ2) is 4.67. The Labute approximate surface area is 87.7 Å². The molecule has 0 bridgehead atoms. The van der Waals surface area contributed by atoms with E-state index in [4.69, 9.17) is 0 Å². The van der Waals surface area contributed by atoms with Gasteiger partial charge in [0.2, 0.25) is 0 Å². The van der Waals surface area contributed by atoms with E-state index in [1.807, 2.05) is 0 Å². The van der Waals surface area contributed by atoms with Crippen LogP contribution in [0.5, 0.6) is 0 Å². The van der Waals surface area contributed by atoms with Crippen molar-refractivity contribution in [2.75, 3.05) is 12.0 Å². The van der Waals surface area contributed by atoms with E-state index in [2.05, 4.69) is 4.98 Å². The van der Waals surface area contributed by atoms with E-state index in [1.54, 1.807) is 0 Å². The Hall–Kier alpha value is -1.01. The minimum Gasteiger partial charge on any atom is -0.387 e. The number of aliphatic hydroxyl groups excluding tert-OH is 1. The van der Waals surface area contributed by atoms with Gasteiger partial charge in [-0.25, -0.2) is 12.8 Å². The lowest BCUT2D eigenvalue weighted by Crippen LogP contribution is -2.09. The summed E-state index contributed by atoms with van der Waals surface area (Å²) in [5.74, 6) is -0.609. The molecule has 0 aromatic carbocycles. The van der Waals surface area contributed by atoms with Crippen LogP contribution >= 0.6 is 0 Å². The lowest BCUT2D eigenvalue weighted by Gasteiger charge is -2.08. The average molecular weight is 233 g/mol. The number of hydrogen-bond acceptors (Lipinski definition) is 4. The van der Waals surface area contributed by atoms with Crippen LogP contribution in [0.1, 0.15) is 18.2 Å². The summed E-state index contributed by atoms with van der Waals surface area (Å²) in [5, 5.41) is 9.53. The van der Waals surface area contributed by atoms with Crippen molar-refractivity contribution in [3.63, 3.8) is 0 Å². The topological polar surface area (TPSA) is 67.3 Å². The van der Waals surface area contributed by atoms with E-state index in [0.29, 0.717) is 0 Å². The predicted molar refractivity (Wildman–Crippen MR) is 53.5 cm³/mol. The highest BCUT2D eigenvalue weighted by Gasteiger charge is 2.12. The Bertz CT molecular complexity index is 415. The quantitative estimate of drug-likeness (QED) is 0.830. The van der Waals surface area contributed by atoms with Crippen LogP contribution in [-0.2, 0) is 9.84 Å². The first-order valence-corrected chi connectivity index (χ1v) is 6.42. The molecule has 0 aliphatic heterocycles. The maximum absolute atomic E-state index is 12.5. The summed E-state index contributed by atoms with van der Waals surface area (Å²) in [6, 6.07) is 2.51. The number of aliphatic hydroxyl groups is 1. The number of nitrogens with zero attached hydrogens (tertiary/aromatic N) is 1. The molecule has 6 heteroatoms. The molecule has 1 unspecified atom stereocenters. The molecule has 0 fully saturated rings. The Morgan fingerprint density at radius 3 is 2.67 bits per heavy atom. The van der Waals surface area contributed by atoms with Gasteiger partial charge < -0.3 is 5.11 Å². The third-order valence-corrected chi connectivity index (χ3v) is 2.83. The van der Waals surface area contributed by atoms with Gasteiger partial charge >= 0.3 is 0 Å². The fraction of sp³-hybridized carbons (Fsp3) is 0.444. The van der Waals surface area contributed by atoms with Crippen LogP contribution in [-0.4, -0.2) is 30.5 Å². The van der Waals surface area contributed by atoms with Gasteiger partial charge in [0.15, 0.2) is 0 Å². The second-order valence-corrected chi connectivity index (χ2v) is 5.60. The first-order valence-electron chi connectivity index (χ1n) is 4.36. The summed E-state index contributed by atoms with van der Waals surface area (Å²) in [4.78, 5) is 3.66. The summed E-state index contributed by atoms with van der Waals surface area (Å²) in [6.07, 6.45) is 1.18. The summed E-state index contributed by atoms with van der Waals surface area (Å²) in [5.41, 5.74) is 0.278. The van der Waals surface area contributed by atoms with Crippen molar-refractivity contribution in [1.29, 1.82) is 0 Å². The van der Waals surface area contributed by atoms with Crippen molar-refractivity contribution in [2.45, 2.75) is 12.5 Å². The second-order valence-electron chi connectivity index (χ2n) is 3.34.